The van der Waals surface area contributed by atoms with E-state index in [0.717, 1.165) is 11.1 Å². The molecule has 0 saturated heterocycles. The van der Waals surface area contributed by atoms with Crippen LogP contribution in [-0.2, 0) is 17.9 Å². The van der Waals surface area contributed by atoms with E-state index >= 15 is 0 Å². The van der Waals surface area contributed by atoms with Crippen LogP contribution in [0.25, 0.3) is 0 Å². The predicted molar refractivity (Wildman–Crippen MR) is 79.8 cm³/mol. The van der Waals surface area contributed by atoms with E-state index in [1.165, 1.54) is 0 Å². The minimum Gasteiger partial charge on any atom is -0.456 e. The van der Waals surface area contributed by atoms with Crippen molar-refractivity contribution < 1.29 is 9.53 Å². The predicted octanol–water partition coefficient (Wildman–Crippen LogP) is 3.41. The molecule has 0 spiro atoms. The van der Waals surface area contributed by atoms with Gasteiger partial charge in [0, 0.05) is 23.3 Å². The van der Waals surface area contributed by atoms with Gasteiger partial charge in [0.25, 0.3) is 0 Å². The average molecular weight is 293 g/mol. The highest BCUT2D eigenvalue weighted by Gasteiger charge is 2.14. The second kappa shape index (κ2) is 6.01. The summed E-state index contributed by atoms with van der Waals surface area (Å²) >= 11 is 6.11. The molecule has 1 aromatic heterocycles. The molecule has 0 unspecified atom stereocenters. The maximum atomic E-state index is 12.0. The molecule has 0 bridgehead atoms. The summed E-state index contributed by atoms with van der Waals surface area (Å²) in [7, 11) is 0. The third kappa shape index (κ3) is 3.14. The van der Waals surface area contributed by atoms with Crippen LogP contribution in [0, 0.1) is 6.92 Å². The summed E-state index contributed by atoms with van der Waals surface area (Å²) < 4.78 is 7.05. The van der Waals surface area contributed by atoms with Crippen molar-refractivity contribution in [3.8, 4) is 0 Å². The summed E-state index contributed by atoms with van der Waals surface area (Å²) in [6, 6.07) is 7.25. The van der Waals surface area contributed by atoms with E-state index in [0.29, 0.717) is 22.9 Å². The monoisotopic (exact) mass is 292 g/mol. The van der Waals surface area contributed by atoms with Gasteiger partial charge in [-0.2, -0.15) is 0 Å². The molecule has 2 N–H and O–H groups in total. The van der Waals surface area contributed by atoms with E-state index < -0.39 is 5.97 Å². The largest absolute Gasteiger partial charge is 0.456 e. The number of aromatic nitrogens is 1. The first-order valence-electron chi connectivity index (χ1n) is 6.39. The molecule has 20 heavy (non-hydrogen) atoms. The van der Waals surface area contributed by atoms with Crippen LogP contribution < -0.4 is 5.73 Å². The minimum atomic E-state index is -0.403. The number of hydrogen-bond acceptors (Lipinski definition) is 3. The van der Waals surface area contributed by atoms with Crippen LogP contribution in [0.3, 0.4) is 0 Å². The van der Waals surface area contributed by atoms with Crippen LogP contribution in [0.2, 0.25) is 5.02 Å². The molecule has 1 heterocycles. The number of halogens is 1. The highest BCUT2D eigenvalue weighted by atomic mass is 35.5. The maximum Gasteiger partial charge on any atom is 0.355 e. The lowest BCUT2D eigenvalue weighted by Crippen LogP contribution is -2.11. The molecule has 4 nitrogen and oxygen atoms in total. The first-order valence-corrected chi connectivity index (χ1v) is 6.77. The van der Waals surface area contributed by atoms with Crippen molar-refractivity contribution >= 4 is 23.3 Å². The molecule has 1 aromatic carbocycles. The SMILES string of the molecule is CCn1cc(N)cc1C(=O)OCc1ccc(C)cc1Cl. The van der Waals surface area contributed by atoms with Crippen molar-refractivity contribution in [3.63, 3.8) is 0 Å². The number of benzene rings is 1. The molecule has 106 valence electrons. The Kier molecular flexibility index (Phi) is 4.35. The highest BCUT2D eigenvalue weighted by molar-refractivity contribution is 6.31. The lowest BCUT2D eigenvalue weighted by molar-refractivity contribution is 0.0460. The van der Waals surface area contributed by atoms with E-state index in [9.17, 15) is 4.79 Å². The number of nitrogens with two attached hydrogens (primary N) is 1. The Morgan fingerprint density at radius 3 is 2.80 bits per heavy atom. The third-order valence-electron chi connectivity index (χ3n) is 3.03. The van der Waals surface area contributed by atoms with E-state index in [1.807, 2.05) is 32.0 Å². The molecule has 2 rings (SSSR count). The number of ether oxygens (including phenoxy) is 1. The number of carbonyl (C=O) groups excluding carboxylic acids is 1. The van der Waals surface area contributed by atoms with Crippen LogP contribution in [-0.4, -0.2) is 10.5 Å². The second-order valence-corrected chi connectivity index (χ2v) is 5.02. The lowest BCUT2D eigenvalue weighted by Gasteiger charge is -2.08. The van der Waals surface area contributed by atoms with Gasteiger partial charge in [-0.1, -0.05) is 23.7 Å². The Bertz CT molecular complexity index is 635. The smallest absolute Gasteiger partial charge is 0.355 e. The van der Waals surface area contributed by atoms with E-state index in [1.54, 1.807) is 16.8 Å². The second-order valence-electron chi connectivity index (χ2n) is 4.62. The fourth-order valence-electron chi connectivity index (χ4n) is 1.95. The quantitative estimate of drug-likeness (QED) is 0.879. The molecule has 0 fully saturated rings. The van der Waals surface area contributed by atoms with Crippen LogP contribution in [0.4, 0.5) is 5.69 Å². The Hall–Kier alpha value is -1.94. The standard InChI is InChI=1S/C15H17ClN2O2/c1-3-18-8-12(17)7-14(18)15(19)20-9-11-5-4-10(2)6-13(11)16/h4-8H,3,9,17H2,1-2H3. The molecule has 5 heteroatoms. The van der Waals surface area contributed by atoms with Gasteiger partial charge < -0.3 is 15.0 Å². The third-order valence-corrected chi connectivity index (χ3v) is 3.39. The Balaban J connectivity index is 2.08. The number of nitrogen functional groups attached to an aromatic ring is 1. The highest BCUT2D eigenvalue weighted by Crippen LogP contribution is 2.19. The van der Waals surface area contributed by atoms with Gasteiger partial charge in [-0.05, 0) is 31.5 Å². The normalized spacial score (nSPS) is 10.6. The van der Waals surface area contributed by atoms with Gasteiger partial charge in [0.05, 0.1) is 5.69 Å². The van der Waals surface area contributed by atoms with Gasteiger partial charge in [0.15, 0.2) is 0 Å². The van der Waals surface area contributed by atoms with Crippen molar-refractivity contribution in [1.29, 1.82) is 0 Å². The van der Waals surface area contributed by atoms with Crippen LogP contribution >= 0.6 is 11.6 Å². The minimum absolute atomic E-state index is 0.146. The van der Waals surface area contributed by atoms with E-state index in [-0.39, 0.29) is 6.61 Å². The molecule has 0 aliphatic heterocycles. The summed E-state index contributed by atoms with van der Waals surface area (Å²) in [4.78, 5) is 12.0. The molecular weight excluding hydrogens is 276 g/mol. The molecule has 0 amide bonds. The first kappa shape index (κ1) is 14.5. The number of hydrogen-bond donors (Lipinski definition) is 1. The summed E-state index contributed by atoms with van der Waals surface area (Å²) in [6.07, 6.45) is 1.72. The van der Waals surface area contributed by atoms with Crippen molar-refractivity contribution in [2.24, 2.45) is 0 Å². The van der Waals surface area contributed by atoms with Crippen molar-refractivity contribution in [2.45, 2.75) is 27.0 Å². The summed E-state index contributed by atoms with van der Waals surface area (Å²) in [5.41, 5.74) is 8.54. The number of nitrogens with zero attached hydrogens (tertiary/aromatic N) is 1. The van der Waals surface area contributed by atoms with Crippen molar-refractivity contribution in [1.82, 2.24) is 4.57 Å². The maximum absolute atomic E-state index is 12.0. The first-order chi connectivity index (χ1) is 9.51. The zero-order chi connectivity index (χ0) is 14.7. The van der Waals surface area contributed by atoms with Crippen LogP contribution in [0.5, 0.6) is 0 Å². The van der Waals surface area contributed by atoms with E-state index in [4.69, 9.17) is 22.1 Å². The average Bonchev–Trinajstić information content (AvgIpc) is 2.78. The molecule has 0 aliphatic rings. The summed E-state index contributed by atoms with van der Waals surface area (Å²) in [5.74, 6) is -0.403. The lowest BCUT2D eigenvalue weighted by atomic mass is 10.2. The zero-order valence-corrected chi connectivity index (χ0v) is 12.3. The van der Waals surface area contributed by atoms with Crippen LogP contribution in [0.1, 0.15) is 28.5 Å². The molecule has 2 aromatic rings. The van der Waals surface area contributed by atoms with Crippen molar-refractivity contribution in [3.05, 3.63) is 52.3 Å². The number of esters is 1. The van der Waals surface area contributed by atoms with Crippen LogP contribution in [0.15, 0.2) is 30.5 Å². The van der Waals surface area contributed by atoms with Gasteiger partial charge >= 0.3 is 5.97 Å². The van der Waals surface area contributed by atoms with E-state index in [2.05, 4.69) is 0 Å². The summed E-state index contributed by atoms with van der Waals surface area (Å²) in [5, 5.41) is 0.600. The molecule has 0 atom stereocenters. The fourth-order valence-corrected chi connectivity index (χ4v) is 2.24. The topological polar surface area (TPSA) is 57.2 Å². The summed E-state index contributed by atoms with van der Waals surface area (Å²) in [6.45, 7) is 4.70. The Morgan fingerprint density at radius 2 is 2.15 bits per heavy atom. The Labute approximate surface area is 123 Å². The number of rotatable bonds is 4. The van der Waals surface area contributed by atoms with Gasteiger partial charge in [0.1, 0.15) is 12.3 Å². The number of anilines is 1. The fraction of sp³-hybridized carbons (Fsp3) is 0.267. The number of aryl methyl sites for hydroxylation is 2. The Morgan fingerprint density at radius 1 is 1.40 bits per heavy atom. The molecule has 0 radical (unpaired) electrons. The zero-order valence-electron chi connectivity index (χ0n) is 11.5. The van der Waals surface area contributed by atoms with Gasteiger partial charge in [-0.3, -0.25) is 0 Å². The van der Waals surface area contributed by atoms with Gasteiger partial charge in [-0.25, -0.2) is 4.79 Å². The van der Waals surface area contributed by atoms with Gasteiger partial charge in [0.2, 0.25) is 0 Å². The molecule has 0 saturated carbocycles. The van der Waals surface area contributed by atoms with Gasteiger partial charge in [-0.15, -0.1) is 0 Å². The molecular formula is C15H17ClN2O2. The number of carbonyl (C=O) groups is 1. The van der Waals surface area contributed by atoms with Crippen molar-refractivity contribution in [2.75, 3.05) is 5.73 Å². The molecule has 0 aliphatic carbocycles.